The lowest BCUT2D eigenvalue weighted by atomic mass is 9.86. The van der Waals surface area contributed by atoms with E-state index in [1.165, 1.54) is 15.9 Å². The molecular formula is C18H22N6O3S. The Morgan fingerprint density at radius 2 is 1.86 bits per heavy atom. The molecule has 2 heterocycles. The number of carbonyl (C=O) groups excluding carboxylic acids is 2. The van der Waals surface area contributed by atoms with Crippen molar-refractivity contribution in [2.24, 2.45) is 11.1 Å². The van der Waals surface area contributed by atoms with E-state index in [1.807, 2.05) is 6.92 Å². The molecular weight excluding hydrogens is 380 g/mol. The van der Waals surface area contributed by atoms with Crippen molar-refractivity contribution in [3.8, 4) is 0 Å². The molecule has 3 N–H and O–H groups in total. The van der Waals surface area contributed by atoms with E-state index in [9.17, 15) is 14.4 Å². The number of nitrogens with zero attached hydrogens (tertiary/aromatic N) is 4. The summed E-state index contributed by atoms with van der Waals surface area (Å²) < 4.78 is 2.48. The minimum absolute atomic E-state index is 0.198. The van der Waals surface area contributed by atoms with Gasteiger partial charge in [-0.1, -0.05) is 44.2 Å². The number of amides is 2. The van der Waals surface area contributed by atoms with Crippen LogP contribution in [0.15, 0.2) is 29.1 Å². The maximum Gasteiger partial charge on any atom is 0.337 e. The van der Waals surface area contributed by atoms with E-state index in [1.54, 1.807) is 45.0 Å². The lowest BCUT2D eigenvalue weighted by Crippen LogP contribution is -2.54. The molecule has 0 radical (unpaired) electrons. The number of hydrogen-bond donors (Lipinski definition) is 2. The van der Waals surface area contributed by atoms with Gasteiger partial charge in [-0.3, -0.25) is 9.36 Å². The number of rotatable bonds is 4. The van der Waals surface area contributed by atoms with E-state index in [4.69, 9.17) is 5.73 Å². The molecule has 3 rings (SSSR count). The standard InChI is InChI=1S/C18H22N6O3S/c1-10-21-22-13(28-10)9-23-11-7-5-6-8-12(11)24(17(23)27)16(26)20-14(15(19)25)18(2,3)4/h5-8,14H,9H2,1-4H3,(H2,19,25)(H,20,26)/t14-/m1/s1. The number of aromatic nitrogens is 4. The molecule has 0 bridgehead atoms. The summed E-state index contributed by atoms with van der Waals surface area (Å²) >= 11 is 1.38. The fourth-order valence-electron chi connectivity index (χ4n) is 3.00. The first-order valence-electron chi connectivity index (χ1n) is 8.69. The van der Waals surface area contributed by atoms with E-state index in [-0.39, 0.29) is 6.54 Å². The van der Waals surface area contributed by atoms with Gasteiger partial charge in [-0.05, 0) is 24.5 Å². The van der Waals surface area contributed by atoms with Crippen LogP contribution in [-0.2, 0) is 11.3 Å². The van der Waals surface area contributed by atoms with E-state index < -0.39 is 29.1 Å². The first-order chi connectivity index (χ1) is 13.1. The summed E-state index contributed by atoms with van der Waals surface area (Å²) in [6.45, 7) is 7.38. The first kappa shape index (κ1) is 19.7. The maximum atomic E-state index is 13.0. The predicted octanol–water partition coefficient (Wildman–Crippen LogP) is 1.47. The molecule has 9 nitrogen and oxygen atoms in total. The van der Waals surface area contributed by atoms with Crippen molar-refractivity contribution in [3.05, 3.63) is 44.8 Å². The van der Waals surface area contributed by atoms with Crippen LogP contribution in [0.25, 0.3) is 11.0 Å². The molecule has 0 saturated heterocycles. The normalized spacial score (nSPS) is 12.9. The average molecular weight is 402 g/mol. The molecule has 0 aliphatic carbocycles. The molecule has 10 heteroatoms. The zero-order valence-corrected chi connectivity index (χ0v) is 16.9. The predicted molar refractivity (Wildman–Crippen MR) is 106 cm³/mol. The second kappa shape index (κ2) is 7.19. The topological polar surface area (TPSA) is 125 Å². The second-order valence-corrected chi connectivity index (χ2v) is 8.82. The Labute approximate surface area is 165 Å². The third-order valence-corrected chi connectivity index (χ3v) is 5.14. The minimum atomic E-state index is -0.931. The summed E-state index contributed by atoms with van der Waals surface area (Å²) in [5, 5.41) is 12.1. The Kier molecular flexibility index (Phi) is 5.07. The van der Waals surface area contributed by atoms with Gasteiger partial charge in [0.2, 0.25) is 5.91 Å². The van der Waals surface area contributed by atoms with E-state index >= 15 is 0 Å². The molecule has 2 aromatic heterocycles. The number of para-hydroxylation sites is 2. The van der Waals surface area contributed by atoms with Gasteiger partial charge in [0.15, 0.2) is 0 Å². The number of imidazole rings is 1. The van der Waals surface area contributed by atoms with Crippen LogP contribution >= 0.6 is 11.3 Å². The fourth-order valence-corrected chi connectivity index (χ4v) is 3.69. The van der Waals surface area contributed by atoms with Crippen molar-refractivity contribution in [3.63, 3.8) is 0 Å². The molecule has 2 amide bonds. The van der Waals surface area contributed by atoms with Crippen LogP contribution in [0, 0.1) is 12.3 Å². The molecule has 0 spiro atoms. The van der Waals surface area contributed by atoms with Crippen LogP contribution in [-0.4, -0.2) is 37.3 Å². The Morgan fingerprint density at radius 3 is 2.39 bits per heavy atom. The molecule has 0 aliphatic rings. The van der Waals surface area contributed by atoms with Crippen molar-refractivity contribution in [1.82, 2.24) is 24.6 Å². The third kappa shape index (κ3) is 3.68. The quantitative estimate of drug-likeness (QED) is 0.684. The van der Waals surface area contributed by atoms with Crippen LogP contribution in [0.5, 0.6) is 0 Å². The average Bonchev–Trinajstić information content (AvgIpc) is 3.13. The molecule has 0 aliphatic heterocycles. The van der Waals surface area contributed by atoms with Crippen LogP contribution in [0.3, 0.4) is 0 Å². The van der Waals surface area contributed by atoms with Gasteiger partial charge in [0.1, 0.15) is 16.1 Å². The lowest BCUT2D eigenvalue weighted by Gasteiger charge is -2.28. The number of aryl methyl sites for hydroxylation is 1. The molecule has 0 saturated carbocycles. The van der Waals surface area contributed by atoms with Gasteiger partial charge in [0.05, 0.1) is 17.6 Å². The molecule has 3 aromatic rings. The van der Waals surface area contributed by atoms with Gasteiger partial charge in [-0.2, -0.15) is 0 Å². The van der Waals surface area contributed by atoms with Crippen molar-refractivity contribution >= 4 is 34.3 Å². The van der Waals surface area contributed by atoms with E-state index in [0.29, 0.717) is 16.0 Å². The number of benzene rings is 1. The zero-order chi connectivity index (χ0) is 20.6. The fraction of sp³-hybridized carbons (Fsp3) is 0.389. The van der Waals surface area contributed by atoms with Crippen LogP contribution in [0.4, 0.5) is 4.79 Å². The Hall–Kier alpha value is -3.01. The number of hydrogen-bond acceptors (Lipinski definition) is 6. The maximum absolute atomic E-state index is 13.0. The van der Waals surface area contributed by atoms with Crippen molar-refractivity contribution in [2.75, 3.05) is 0 Å². The molecule has 148 valence electrons. The highest BCUT2D eigenvalue weighted by molar-refractivity contribution is 7.11. The van der Waals surface area contributed by atoms with Crippen molar-refractivity contribution in [2.45, 2.75) is 40.3 Å². The monoisotopic (exact) mass is 402 g/mol. The van der Waals surface area contributed by atoms with Crippen molar-refractivity contribution < 1.29 is 9.59 Å². The molecule has 1 aromatic carbocycles. The van der Waals surface area contributed by atoms with E-state index in [2.05, 4.69) is 15.5 Å². The molecule has 0 fully saturated rings. The molecule has 28 heavy (non-hydrogen) atoms. The number of fused-ring (bicyclic) bond motifs is 1. The van der Waals surface area contributed by atoms with Crippen molar-refractivity contribution in [1.29, 1.82) is 0 Å². The summed E-state index contributed by atoms with van der Waals surface area (Å²) in [7, 11) is 0. The summed E-state index contributed by atoms with van der Waals surface area (Å²) in [5.41, 5.74) is 5.34. The largest absolute Gasteiger partial charge is 0.368 e. The number of carbonyl (C=O) groups is 2. The summed E-state index contributed by atoms with van der Waals surface area (Å²) in [6.07, 6.45) is 0. The smallest absolute Gasteiger partial charge is 0.337 e. The first-order valence-corrected chi connectivity index (χ1v) is 9.50. The lowest BCUT2D eigenvalue weighted by molar-refractivity contribution is -0.122. The van der Waals surface area contributed by atoms with Gasteiger partial charge in [0, 0.05) is 0 Å². The summed E-state index contributed by atoms with van der Waals surface area (Å²) in [6, 6.07) is 5.32. The minimum Gasteiger partial charge on any atom is -0.368 e. The number of primary amides is 1. The molecule has 0 unspecified atom stereocenters. The van der Waals surface area contributed by atoms with Crippen LogP contribution in [0.1, 0.15) is 30.8 Å². The third-order valence-electron chi connectivity index (χ3n) is 4.32. The van der Waals surface area contributed by atoms with E-state index in [0.717, 1.165) is 9.57 Å². The number of nitrogens with two attached hydrogens (primary N) is 1. The summed E-state index contributed by atoms with van der Waals surface area (Å²) in [4.78, 5) is 37.8. The van der Waals surface area contributed by atoms with Gasteiger partial charge in [-0.15, -0.1) is 10.2 Å². The zero-order valence-electron chi connectivity index (χ0n) is 16.1. The summed E-state index contributed by atoms with van der Waals surface area (Å²) in [5.74, 6) is -0.665. The van der Waals surface area contributed by atoms with Gasteiger partial charge in [0.25, 0.3) is 0 Å². The Balaban J connectivity index is 2.06. The highest BCUT2D eigenvalue weighted by atomic mass is 32.1. The Bertz CT molecular complexity index is 1100. The van der Waals surface area contributed by atoms with Crippen LogP contribution in [0.2, 0.25) is 0 Å². The van der Waals surface area contributed by atoms with Gasteiger partial charge >= 0.3 is 11.7 Å². The second-order valence-electron chi connectivity index (χ2n) is 7.56. The Morgan fingerprint density at radius 1 is 1.21 bits per heavy atom. The van der Waals surface area contributed by atoms with Gasteiger partial charge < -0.3 is 11.1 Å². The highest BCUT2D eigenvalue weighted by Gasteiger charge is 2.32. The highest BCUT2D eigenvalue weighted by Crippen LogP contribution is 2.20. The molecule has 1 atom stereocenters. The van der Waals surface area contributed by atoms with Crippen LogP contribution < -0.4 is 16.7 Å². The SMILES string of the molecule is Cc1nnc(Cn2c(=O)n(C(=O)N[C@H](C(N)=O)C(C)(C)C)c3ccccc32)s1. The number of nitrogens with one attached hydrogen (secondary N) is 1. The van der Waals surface area contributed by atoms with Gasteiger partial charge in [-0.25, -0.2) is 14.2 Å².